The Balaban J connectivity index is 1.72. The highest BCUT2D eigenvalue weighted by Gasteiger charge is 2.25. The molecule has 1 aromatic rings. The summed E-state index contributed by atoms with van der Waals surface area (Å²) in [6.07, 6.45) is 8.79. The fourth-order valence-corrected chi connectivity index (χ4v) is 3.84. The second-order valence-electron chi connectivity index (χ2n) is 5.21. The Bertz CT molecular complexity index is 587. The third-order valence-electron chi connectivity index (χ3n) is 3.69. The van der Waals surface area contributed by atoms with Crippen molar-refractivity contribution in [2.75, 3.05) is 6.26 Å². The molecule has 1 N–H and O–H groups in total. The molecule has 5 heteroatoms. The van der Waals surface area contributed by atoms with Gasteiger partial charge < -0.3 is 5.32 Å². The maximum Gasteiger partial charge on any atom is 0.264 e. The first-order chi connectivity index (χ1) is 10.2. The minimum Gasteiger partial charge on any atom is -0.301 e. The summed E-state index contributed by atoms with van der Waals surface area (Å²) >= 11 is 3.17. The number of amides is 1. The number of thioether (sulfide) groups is 2. The smallest absolute Gasteiger partial charge is 0.264 e. The predicted molar refractivity (Wildman–Crippen MR) is 91.6 cm³/mol. The van der Waals surface area contributed by atoms with E-state index in [1.165, 1.54) is 29.5 Å². The molecule has 1 heterocycles. The Morgan fingerprint density at radius 1 is 1.29 bits per heavy atom. The van der Waals surface area contributed by atoms with Gasteiger partial charge in [0.05, 0.1) is 10.9 Å². The molecule has 3 nitrogen and oxygen atoms in total. The molecule has 1 aliphatic carbocycles. The summed E-state index contributed by atoms with van der Waals surface area (Å²) in [5, 5.41) is 3.64. The van der Waals surface area contributed by atoms with Crippen molar-refractivity contribution in [3.63, 3.8) is 0 Å². The van der Waals surface area contributed by atoms with Gasteiger partial charge in [0, 0.05) is 4.90 Å². The highest BCUT2D eigenvalue weighted by Crippen LogP contribution is 2.29. The van der Waals surface area contributed by atoms with Crippen LogP contribution in [0.25, 0.3) is 6.08 Å². The number of amidine groups is 1. The van der Waals surface area contributed by atoms with Gasteiger partial charge in [-0.15, -0.1) is 11.8 Å². The monoisotopic (exact) mass is 318 g/mol. The molecule has 0 bridgehead atoms. The zero-order valence-electron chi connectivity index (χ0n) is 12.0. The number of nitrogens with zero attached hydrogens (tertiary/aromatic N) is 1. The minimum atomic E-state index is -0.0364. The first-order valence-electron chi connectivity index (χ1n) is 7.17. The molecular weight excluding hydrogens is 300 g/mol. The molecule has 0 atom stereocenters. The lowest BCUT2D eigenvalue weighted by atomic mass is 10.2. The molecule has 0 radical (unpaired) electrons. The highest BCUT2D eigenvalue weighted by atomic mass is 32.2. The van der Waals surface area contributed by atoms with Crippen LogP contribution < -0.4 is 5.32 Å². The quantitative estimate of drug-likeness (QED) is 0.678. The van der Waals surface area contributed by atoms with Gasteiger partial charge in [0.25, 0.3) is 5.91 Å². The molecule has 21 heavy (non-hydrogen) atoms. The van der Waals surface area contributed by atoms with Gasteiger partial charge in [-0.05, 0) is 54.6 Å². The van der Waals surface area contributed by atoms with Gasteiger partial charge in [-0.25, -0.2) is 0 Å². The van der Waals surface area contributed by atoms with Crippen molar-refractivity contribution in [2.45, 2.75) is 36.6 Å². The SMILES string of the molecule is CSc1ccc(/C=C2\SC(=NC3CCCC3)NC2=O)cc1. The summed E-state index contributed by atoms with van der Waals surface area (Å²) in [4.78, 5) is 18.6. The molecule has 0 aromatic heterocycles. The van der Waals surface area contributed by atoms with E-state index in [4.69, 9.17) is 0 Å². The molecule has 1 aromatic carbocycles. The van der Waals surface area contributed by atoms with Crippen LogP contribution in [0.2, 0.25) is 0 Å². The van der Waals surface area contributed by atoms with Crippen molar-refractivity contribution in [2.24, 2.45) is 4.99 Å². The van der Waals surface area contributed by atoms with E-state index in [0.717, 1.165) is 28.5 Å². The van der Waals surface area contributed by atoms with Gasteiger partial charge in [-0.2, -0.15) is 0 Å². The van der Waals surface area contributed by atoms with Crippen LogP contribution in [-0.2, 0) is 4.79 Å². The number of carbonyl (C=O) groups excluding carboxylic acids is 1. The van der Waals surface area contributed by atoms with Crippen LogP contribution >= 0.6 is 23.5 Å². The molecule has 110 valence electrons. The summed E-state index contributed by atoms with van der Waals surface area (Å²) in [6.45, 7) is 0. The molecule has 2 fully saturated rings. The Morgan fingerprint density at radius 3 is 2.67 bits per heavy atom. The van der Waals surface area contributed by atoms with Crippen LogP contribution in [0, 0.1) is 0 Å². The number of hydrogen-bond donors (Lipinski definition) is 1. The molecule has 1 saturated heterocycles. The Hall–Kier alpha value is -1.20. The highest BCUT2D eigenvalue weighted by molar-refractivity contribution is 8.18. The van der Waals surface area contributed by atoms with Crippen molar-refractivity contribution in [3.8, 4) is 0 Å². The summed E-state index contributed by atoms with van der Waals surface area (Å²) in [5.74, 6) is -0.0364. The number of aliphatic imine (C=N–C) groups is 1. The molecule has 0 spiro atoms. The number of benzene rings is 1. The lowest BCUT2D eigenvalue weighted by Crippen LogP contribution is -2.21. The standard InChI is InChI=1S/C16H18N2OS2/c1-20-13-8-6-11(7-9-13)10-14-15(19)18-16(21-14)17-12-4-2-3-5-12/h6-10,12H,2-5H2,1H3,(H,17,18,19)/b14-10-. The lowest BCUT2D eigenvalue weighted by molar-refractivity contribution is -0.115. The maximum absolute atomic E-state index is 12.0. The van der Waals surface area contributed by atoms with Crippen molar-refractivity contribution >= 4 is 40.7 Å². The summed E-state index contributed by atoms with van der Waals surface area (Å²) in [6, 6.07) is 8.62. The Labute approximate surface area is 133 Å². The van der Waals surface area contributed by atoms with Crippen molar-refractivity contribution in [1.82, 2.24) is 5.32 Å². The van der Waals surface area contributed by atoms with Gasteiger partial charge in [0.2, 0.25) is 0 Å². The van der Waals surface area contributed by atoms with E-state index in [0.29, 0.717) is 6.04 Å². The average Bonchev–Trinajstić information content (AvgIpc) is 3.11. The van der Waals surface area contributed by atoms with Crippen molar-refractivity contribution in [1.29, 1.82) is 0 Å². The Morgan fingerprint density at radius 2 is 2.00 bits per heavy atom. The van der Waals surface area contributed by atoms with Crippen LogP contribution in [0.15, 0.2) is 39.1 Å². The normalized spacial score (nSPS) is 23.2. The second-order valence-corrected chi connectivity index (χ2v) is 7.12. The van der Waals surface area contributed by atoms with Crippen LogP contribution in [0.4, 0.5) is 0 Å². The summed E-state index contributed by atoms with van der Waals surface area (Å²) < 4.78 is 0. The first-order valence-corrected chi connectivity index (χ1v) is 9.21. The number of rotatable bonds is 3. The maximum atomic E-state index is 12.0. The van der Waals surface area contributed by atoms with Crippen molar-refractivity contribution in [3.05, 3.63) is 34.7 Å². The van der Waals surface area contributed by atoms with Gasteiger partial charge >= 0.3 is 0 Å². The minimum absolute atomic E-state index is 0.0364. The molecule has 0 unspecified atom stereocenters. The van der Waals surface area contributed by atoms with Gasteiger partial charge in [0.1, 0.15) is 0 Å². The molecule has 1 saturated carbocycles. The van der Waals surface area contributed by atoms with Crippen LogP contribution in [0.1, 0.15) is 31.2 Å². The molecular formula is C16H18N2OS2. The number of carbonyl (C=O) groups is 1. The van der Waals surface area contributed by atoms with Crippen molar-refractivity contribution < 1.29 is 4.79 Å². The van der Waals surface area contributed by atoms with E-state index < -0.39 is 0 Å². The van der Waals surface area contributed by atoms with Crippen LogP contribution in [0.3, 0.4) is 0 Å². The molecule has 2 aliphatic rings. The van der Waals surface area contributed by atoms with E-state index in [1.807, 2.05) is 18.2 Å². The summed E-state index contributed by atoms with van der Waals surface area (Å²) in [5.41, 5.74) is 1.05. The summed E-state index contributed by atoms with van der Waals surface area (Å²) in [7, 11) is 0. The van der Waals surface area contributed by atoms with E-state index in [-0.39, 0.29) is 5.91 Å². The van der Waals surface area contributed by atoms with Crippen LogP contribution in [0.5, 0.6) is 0 Å². The largest absolute Gasteiger partial charge is 0.301 e. The average molecular weight is 318 g/mol. The van der Waals surface area contributed by atoms with E-state index >= 15 is 0 Å². The first kappa shape index (κ1) is 14.7. The molecule has 1 aliphatic heterocycles. The third-order valence-corrected chi connectivity index (χ3v) is 5.36. The topological polar surface area (TPSA) is 41.5 Å². The van der Waals surface area contributed by atoms with E-state index in [9.17, 15) is 4.79 Å². The second kappa shape index (κ2) is 6.71. The van der Waals surface area contributed by atoms with Gasteiger partial charge in [0.15, 0.2) is 5.17 Å². The zero-order valence-corrected chi connectivity index (χ0v) is 13.6. The molecule has 3 rings (SSSR count). The number of hydrogen-bond acceptors (Lipinski definition) is 4. The van der Waals surface area contributed by atoms with Gasteiger partial charge in [-0.3, -0.25) is 9.79 Å². The van der Waals surface area contributed by atoms with Gasteiger partial charge in [-0.1, -0.05) is 25.0 Å². The van der Waals surface area contributed by atoms with Crippen LogP contribution in [-0.4, -0.2) is 23.4 Å². The number of nitrogens with one attached hydrogen (secondary N) is 1. The Kier molecular flexibility index (Phi) is 4.70. The zero-order chi connectivity index (χ0) is 14.7. The third kappa shape index (κ3) is 3.71. The van der Waals surface area contributed by atoms with E-state index in [1.54, 1.807) is 11.8 Å². The fourth-order valence-electron chi connectivity index (χ4n) is 2.54. The predicted octanol–water partition coefficient (Wildman–Crippen LogP) is 3.91. The van der Waals surface area contributed by atoms with E-state index in [2.05, 4.69) is 28.7 Å². The molecule has 1 amide bonds. The lowest BCUT2D eigenvalue weighted by Gasteiger charge is -2.02. The fraction of sp³-hybridized carbons (Fsp3) is 0.375.